The zero-order valence-corrected chi connectivity index (χ0v) is 16.7. The molecule has 1 heterocycles. The molecule has 0 bridgehead atoms. The van der Waals surface area contributed by atoms with Gasteiger partial charge in [-0.3, -0.25) is 9.79 Å². The van der Waals surface area contributed by atoms with Crippen LogP contribution < -0.4 is 24.3 Å². The van der Waals surface area contributed by atoms with Gasteiger partial charge in [-0.15, -0.1) is 0 Å². The van der Waals surface area contributed by atoms with Crippen molar-refractivity contribution >= 4 is 23.0 Å². The Labute approximate surface area is 164 Å². The normalized spacial score (nSPS) is 12.5. The lowest BCUT2D eigenvalue weighted by molar-refractivity contribution is -0.114. The first-order valence-electron chi connectivity index (χ1n) is 8.87. The Hall–Kier alpha value is -3.22. The van der Waals surface area contributed by atoms with Crippen molar-refractivity contribution in [2.45, 2.75) is 19.8 Å². The van der Waals surface area contributed by atoms with E-state index in [0.29, 0.717) is 35.1 Å². The van der Waals surface area contributed by atoms with E-state index in [2.05, 4.69) is 5.32 Å². The fourth-order valence-electron chi connectivity index (χ4n) is 3.27. The topological polar surface area (TPSA) is 78.4 Å². The predicted molar refractivity (Wildman–Crippen MR) is 108 cm³/mol. The SMILES string of the molecule is COc1cc2c(cc1OC)N=C(c1cc(OC)c(OC)cc1NC(C)=O)CC2. The van der Waals surface area contributed by atoms with Crippen molar-refractivity contribution in [2.24, 2.45) is 4.99 Å². The molecule has 0 unspecified atom stereocenters. The summed E-state index contributed by atoms with van der Waals surface area (Å²) in [6.45, 7) is 1.47. The predicted octanol–water partition coefficient (Wildman–Crippen LogP) is 3.75. The van der Waals surface area contributed by atoms with Crippen molar-refractivity contribution in [3.63, 3.8) is 0 Å². The van der Waals surface area contributed by atoms with Gasteiger partial charge in [-0.05, 0) is 30.5 Å². The van der Waals surface area contributed by atoms with Gasteiger partial charge < -0.3 is 24.3 Å². The largest absolute Gasteiger partial charge is 0.493 e. The molecule has 0 aliphatic carbocycles. The van der Waals surface area contributed by atoms with Crippen LogP contribution in [0.15, 0.2) is 29.3 Å². The van der Waals surface area contributed by atoms with Gasteiger partial charge in [-0.25, -0.2) is 0 Å². The Bertz CT molecular complexity index is 937. The van der Waals surface area contributed by atoms with Crippen LogP contribution in [0.1, 0.15) is 24.5 Å². The quantitative estimate of drug-likeness (QED) is 0.821. The maximum Gasteiger partial charge on any atom is 0.221 e. The molecule has 1 N–H and O–H groups in total. The van der Waals surface area contributed by atoms with E-state index in [1.54, 1.807) is 34.5 Å². The Morgan fingerprint density at radius 2 is 1.43 bits per heavy atom. The third kappa shape index (κ3) is 3.74. The lowest BCUT2D eigenvalue weighted by Gasteiger charge is -2.21. The number of methoxy groups -OCH3 is 4. The smallest absolute Gasteiger partial charge is 0.221 e. The number of nitrogens with one attached hydrogen (secondary N) is 1. The van der Waals surface area contributed by atoms with Gasteiger partial charge in [-0.2, -0.15) is 0 Å². The minimum absolute atomic E-state index is 0.170. The monoisotopic (exact) mass is 384 g/mol. The Balaban J connectivity index is 2.13. The number of benzene rings is 2. The van der Waals surface area contributed by atoms with Crippen LogP contribution in [0.5, 0.6) is 23.0 Å². The number of carbonyl (C=O) groups excluding carboxylic acids is 1. The molecule has 0 radical (unpaired) electrons. The van der Waals surface area contributed by atoms with Gasteiger partial charge in [0.05, 0.1) is 45.5 Å². The first kappa shape index (κ1) is 19.5. The van der Waals surface area contributed by atoms with Crippen LogP contribution in [0.25, 0.3) is 0 Å². The zero-order valence-electron chi connectivity index (χ0n) is 16.7. The van der Waals surface area contributed by atoms with Crippen LogP contribution in [0.4, 0.5) is 11.4 Å². The molecule has 28 heavy (non-hydrogen) atoms. The van der Waals surface area contributed by atoms with E-state index in [1.807, 2.05) is 18.2 Å². The highest BCUT2D eigenvalue weighted by molar-refractivity contribution is 6.10. The summed E-state index contributed by atoms with van der Waals surface area (Å²) in [7, 11) is 6.35. The van der Waals surface area contributed by atoms with E-state index < -0.39 is 0 Å². The van der Waals surface area contributed by atoms with Gasteiger partial charge in [0.15, 0.2) is 23.0 Å². The summed E-state index contributed by atoms with van der Waals surface area (Å²) < 4.78 is 21.6. The average Bonchev–Trinajstić information content (AvgIpc) is 2.71. The molecule has 1 amide bonds. The molecule has 0 saturated heterocycles. The molecular weight excluding hydrogens is 360 g/mol. The average molecular weight is 384 g/mol. The molecule has 2 aromatic rings. The molecule has 7 nitrogen and oxygen atoms in total. The first-order chi connectivity index (χ1) is 13.5. The van der Waals surface area contributed by atoms with Crippen LogP contribution in [0.2, 0.25) is 0 Å². The maximum absolute atomic E-state index is 11.7. The summed E-state index contributed by atoms with van der Waals surface area (Å²) in [6.07, 6.45) is 1.51. The molecule has 2 aromatic carbocycles. The van der Waals surface area contributed by atoms with Crippen LogP contribution in [-0.2, 0) is 11.2 Å². The summed E-state index contributed by atoms with van der Waals surface area (Å²) in [4.78, 5) is 16.5. The van der Waals surface area contributed by atoms with Gasteiger partial charge in [-0.1, -0.05) is 0 Å². The van der Waals surface area contributed by atoms with Crippen LogP contribution in [0, 0.1) is 0 Å². The number of ether oxygens (including phenoxy) is 4. The third-order valence-corrected chi connectivity index (χ3v) is 4.62. The Morgan fingerprint density at radius 3 is 2.04 bits per heavy atom. The van der Waals surface area contributed by atoms with Crippen molar-refractivity contribution < 1.29 is 23.7 Å². The Morgan fingerprint density at radius 1 is 0.857 bits per heavy atom. The summed E-state index contributed by atoms with van der Waals surface area (Å²) >= 11 is 0. The van der Waals surface area contributed by atoms with E-state index in [0.717, 1.165) is 28.9 Å². The molecule has 0 aromatic heterocycles. The van der Waals surface area contributed by atoms with Crippen LogP contribution in [0.3, 0.4) is 0 Å². The molecule has 7 heteroatoms. The van der Waals surface area contributed by atoms with Gasteiger partial charge in [0, 0.05) is 24.6 Å². The molecule has 148 valence electrons. The number of carbonyl (C=O) groups is 1. The standard InChI is InChI=1S/C21H24N2O5/c1-12(24)22-17-11-21(28-5)19(26-3)9-14(17)15-7-6-13-8-18(25-2)20(27-4)10-16(13)23-15/h8-11H,6-7H2,1-5H3,(H,22,24). The highest BCUT2D eigenvalue weighted by Gasteiger charge is 2.21. The van der Waals surface area contributed by atoms with E-state index in [-0.39, 0.29) is 5.91 Å². The number of rotatable bonds is 6. The first-order valence-corrected chi connectivity index (χ1v) is 8.87. The molecule has 3 rings (SSSR count). The molecule has 0 saturated carbocycles. The molecule has 0 atom stereocenters. The molecule has 1 aliphatic rings. The number of nitrogens with zero attached hydrogens (tertiary/aromatic N) is 1. The minimum Gasteiger partial charge on any atom is -0.493 e. The lowest BCUT2D eigenvalue weighted by atomic mass is 9.95. The number of hydrogen-bond acceptors (Lipinski definition) is 6. The fraction of sp³-hybridized carbons (Fsp3) is 0.333. The molecule has 1 aliphatic heterocycles. The summed E-state index contributed by atoms with van der Waals surface area (Å²) in [5.74, 6) is 2.26. The zero-order chi connectivity index (χ0) is 20.3. The highest BCUT2D eigenvalue weighted by Crippen LogP contribution is 2.40. The van der Waals surface area contributed by atoms with Crippen molar-refractivity contribution in [1.82, 2.24) is 0 Å². The number of anilines is 1. The number of aliphatic imine (C=N–C) groups is 1. The van der Waals surface area contributed by atoms with Gasteiger partial charge in [0.1, 0.15) is 0 Å². The second kappa shape index (κ2) is 8.21. The van der Waals surface area contributed by atoms with Crippen molar-refractivity contribution in [3.05, 3.63) is 35.4 Å². The number of aryl methyl sites for hydroxylation is 1. The fourth-order valence-corrected chi connectivity index (χ4v) is 3.27. The second-order valence-corrected chi connectivity index (χ2v) is 6.33. The van der Waals surface area contributed by atoms with E-state index in [1.165, 1.54) is 6.92 Å². The minimum atomic E-state index is -0.170. The van der Waals surface area contributed by atoms with Gasteiger partial charge in [0.2, 0.25) is 5.91 Å². The lowest BCUT2D eigenvalue weighted by Crippen LogP contribution is -2.14. The van der Waals surface area contributed by atoms with E-state index in [9.17, 15) is 4.79 Å². The summed E-state index contributed by atoms with van der Waals surface area (Å²) in [6, 6.07) is 7.42. The van der Waals surface area contributed by atoms with Crippen LogP contribution >= 0.6 is 0 Å². The molecule has 0 spiro atoms. The van der Waals surface area contributed by atoms with E-state index >= 15 is 0 Å². The van der Waals surface area contributed by atoms with Gasteiger partial charge in [0.25, 0.3) is 0 Å². The second-order valence-electron chi connectivity index (χ2n) is 6.33. The number of fused-ring (bicyclic) bond motifs is 1. The third-order valence-electron chi connectivity index (χ3n) is 4.62. The molecule has 0 fully saturated rings. The maximum atomic E-state index is 11.7. The molecular formula is C21H24N2O5. The summed E-state index contributed by atoms with van der Waals surface area (Å²) in [5, 5.41) is 2.86. The van der Waals surface area contributed by atoms with E-state index in [4.69, 9.17) is 23.9 Å². The van der Waals surface area contributed by atoms with Crippen molar-refractivity contribution in [2.75, 3.05) is 33.8 Å². The van der Waals surface area contributed by atoms with Crippen molar-refractivity contribution in [1.29, 1.82) is 0 Å². The number of hydrogen-bond donors (Lipinski definition) is 1. The number of amides is 1. The highest BCUT2D eigenvalue weighted by atomic mass is 16.5. The van der Waals surface area contributed by atoms with Crippen LogP contribution in [-0.4, -0.2) is 40.1 Å². The Kier molecular flexibility index (Phi) is 5.73. The summed E-state index contributed by atoms with van der Waals surface area (Å²) in [5.41, 5.74) is 4.19. The van der Waals surface area contributed by atoms with Gasteiger partial charge >= 0.3 is 0 Å². The van der Waals surface area contributed by atoms with Crippen molar-refractivity contribution in [3.8, 4) is 23.0 Å².